The Labute approximate surface area is 118 Å². The fourth-order valence-electron chi connectivity index (χ4n) is 3.51. The highest BCUT2D eigenvalue weighted by molar-refractivity contribution is 5.30. The number of likely N-dealkylation sites (tertiary alicyclic amines) is 1. The molecule has 0 saturated carbocycles. The molecule has 2 rings (SSSR count). The van der Waals surface area contributed by atoms with Gasteiger partial charge in [-0.3, -0.25) is 4.90 Å². The second-order valence-corrected chi connectivity index (χ2v) is 6.02. The number of benzene rings is 1. The van der Waals surface area contributed by atoms with E-state index in [1.165, 1.54) is 30.5 Å². The van der Waals surface area contributed by atoms with Crippen LogP contribution < -0.4 is 5.73 Å². The zero-order valence-corrected chi connectivity index (χ0v) is 12.6. The lowest BCUT2D eigenvalue weighted by Gasteiger charge is -2.42. The number of hydrogen-bond acceptors (Lipinski definition) is 2. The molecule has 1 fully saturated rings. The molecule has 0 aliphatic carbocycles. The van der Waals surface area contributed by atoms with Crippen molar-refractivity contribution in [2.75, 3.05) is 13.1 Å². The van der Waals surface area contributed by atoms with Crippen LogP contribution in [0.1, 0.15) is 50.8 Å². The van der Waals surface area contributed by atoms with Crippen LogP contribution in [0.15, 0.2) is 24.3 Å². The van der Waals surface area contributed by atoms with E-state index in [0.29, 0.717) is 12.1 Å². The molecule has 1 aromatic rings. The van der Waals surface area contributed by atoms with E-state index in [1.54, 1.807) is 0 Å². The van der Waals surface area contributed by atoms with Crippen molar-refractivity contribution in [3.8, 4) is 0 Å². The van der Waals surface area contributed by atoms with Gasteiger partial charge in [-0.15, -0.1) is 0 Å². The van der Waals surface area contributed by atoms with Crippen LogP contribution in [0, 0.1) is 5.92 Å². The molecule has 0 amide bonds. The molecule has 1 aliphatic rings. The first-order valence-electron chi connectivity index (χ1n) is 7.71. The summed E-state index contributed by atoms with van der Waals surface area (Å²) in [6.07, 6.45) is 3.69. The van der Waals surface area contributed by atoms with Crippen molar-refractivity contribution in [2.45, 2.75) is 52.1 Å². The van der Waals surface area contributed by atoms with Gasteiger partial charge < -0.3 is 5.73 Å². The smallest absolute Gasteiger partial charge is 0.0475 e. The van der Waals surface area contributed by atoms with Crippen LogP contribution in [-0.2, 0) is 6.42 Å². The van der Waals surface area contributed by atoms with Gasteiger partial charge in [0.2, 0.25) is 0 Å². The van der Waals surface area contributed by atoms with E-state index in [0.717, 1.165) is 18.9 Å². The summed E-state index contributed by atoms with van der Waals surface area (Å²) in [4.78, 5) is 2.62. The summed E-state index contributed by atoms with van der Waals surface area (Å²) >= 11 is 0. The summed E-state index contributed by atoms with van der Waals surface area (Å²) in [5.41, 5.74) is 9.00. The van der Waals surface area contributed by atoms with Crippen LogP contribution in [0.5, 0.6) is 0 Å². The highest BCUT2D eigenvalue weighted by Gasteiger charge is 2.29. The van der Waals surface area contributed by atoms with Crippen LogP contribution in [0.3, 0.4) is 0 Å². The number of nitrogens with zero attached hydrogens (tertiary/aromatic N) is 1. The predicted octanol–water partition coefficient (Wildman–Crippen LogP) is 3.37. The SMILES string of the molecule is CCc1ccccc1C(CN)N1CCC(C)CC1C. The summed E-state index contributed by atoms with van der Waals surface area (Å²) in [6, 6.07) is 9.82. The minimum atomic E-state index is 0.388. The van der Waals surface area contributed by atoms with Crippen molar-refractivity contribution in [3.05, 3.63) is 35.4 Å². The van der Waals surface area contributed by atoms with E-state index in [4.69, 9.17) is 5.73 Å². The zero-order valence-electron chi connectivity index (χ0n) is 12.6. The van der Waals surface area contributed by atoms with Gasteiger partial charge >= 0.3 is 0 Å². The van der Waals surface area contributed by atoms with Gasteiger partial charge in [0.05, 0.1) is 0 Å². The third-order valence-electron chi connectivity index (χ3n) is 4.61. The molecule has 0 bridgehead atoms. The normalized spacial score (nSPS) is 26.3. The Balaban J connectivity index is 2.24. The second-order valence-electron chi connectivity index (χ2n) is 6.02. The molecule has 0 aromatic heterocycles. The first-order chi connectivity index (χ1) is 9.17. The molecule has 0 radical (unpaired) electrons. The van der Waals surface area contributed by atoms with Gasteiger partial charge in [-0.25, -0.2) is 0 Å². The Kier molecular flexibility index (Phi) is 5.00. The van der Waals surface area contributed by atoms with Gasteiger partial charge in [0, 0.05) is 18.6 Å². The molecule has 2 heteroatoms. The highest BCUT2D eigenvalue weighted by Crippen LogP contribution is 2.31. The molecule has 1 aromatic carbocycles. The Hall–Kier alpha value is -0.860. The van der Waals surface area contributed by atoms with E-state index in [-0.39, 0.29) is 0 Å². The van der Waals surface area contributed by atoms with Gasteiger partial charge in [-0.2, -0.15) is 0 Å². The Morgan fingerprint density at radius 3 is 2.68 bits per heavy atom. The fraction of sp³-hybridized carbons (Fsp3) is 0.647. The molecular weight excluding hydrogens is 232 g/mol. The summed E-state index contributed by atoms with van der Waals surface area (Å²) in [5.74, 6) is 0.853. The molecule has 19 heavy (non-hydrogen) atoms. The maximum absolute atomic E-state index is 6.11. The summed E-state index contributed by atoms with van der Waals surface area (Å²) in [7, 11) is 0. The molecule has 1 aliphatic heterocycles. The molecule has 1 heterocycles. The van der Waals surface area contributed by atoms with E-state index in [9.17, 15) is 0 Å². The Bertz CT molecular complexity index is 402. The van der Waals surface area contributed by atoms with Crippen molar-refractivity contribution in [2.24, 2.45) is 11.7 Å². The first kappa shape index (κ1) is 14.5. The maximum Gasteiger partial charge on any atom is 0.0475 e. The third kappa shape index (κ3) is 3.18. The minimum absolute atomic E-state index is 0.388. The van der Waals surface area contributed by atoms with Gasteiger partial charge in [0.1, 0.15) is 0 Å². The van der Waals surface area contributed by atoms with Crippen LogP contribution >= 0.6 is 0 Å². The monoisotopic (exact) mass is 260 g/mol. The van der Waals surface area contributed by atoms with Crippen molar-refractivity contribution >= 4 is 0 Å². The average Bonchev–Trinajstić information content (AvgIpc) is 2.42. The van der Waals surface area contributed by atoms with Gasteiger partial charge in [-0.1, -0.05) is 38.1 Å². The molecule has 3 atom stereocenters. The fourth-order valence-corrected chi connectivity index (χ4v) is 3.51. The number of rotatable bonds is 4. The second kappa shape index (κ2) is 6.53. The average molecular weight is 260 g/mol. The molecule has 2 nitrogen and oxygen atoms in total. The molecule has 3 unspecified atom stereocenters. The van der Waals surface area contributed by atoms with Gasteiger partial charge in [0.25, 0.3) is 0 Å². The standard InChI is InChI=1S/C17H28N2/c1-4-15-7-5-6-8-16(15)17(12-18)19-10-9-13(2)11-14(19)3/h5-8,13-14,17H,4,9-12,18H2,1-3H3. The molecule has 2 N–H and O–H groups in total. The lowest BCUT2D eigenvalue weighted by Crippen LogP contribution is -2.45. The zero-order chi connectivity index (χ0) is 13.8. The van der Waals surface area contributed by atoms with Gasteiger partial charge in [-0.05, 0) is 49.8 Å². The van der Waals surface area contributed by atoms with Crippen LogP contribution in [0.25, 0.3) is 0 Å². The molecule has 1 saturated heterocycles. The van der Waals surface area contributed by atoms with E-state index in [1.807, 2.05) is 0 Å². The van der Waals surface area contributed by atoms with E-state index < -0.39 is 0 Å². The highest BCUT2D eigenvalue weighted by atomic mass is 15.2. The first-order valence-corrected chi connectivity index (χ1v) is 7.71. The number of piperidine rings is 1. The Morgan fingerprint density at radius 1 is 1.32 bits per heavy atom. The predicted molar refractivity (Wildman–Crippen MR) is 82.2 cm³/mol. The lowest BCUT2D eigenvalue weighted by molar-refractivity contribution is 0.0843. The quantitative estimate of drug-likeness (QED) is 0.899. The molecular formula is C17H28N2. The van der Waals surface area contributed by atoms with Crippen molar-refractivity contribution in [1.82, 2.24) is 4.90 Å². The van der Waals surface area contributed by atoms with Crippen LogP contribution in [-0.4, -0.2) is 24.0 Å². The number of nitrogens with two attached hydrogens (primary N) is 1. The van der Waals surface area contributed by atoms with Gasteiger partial charge in [0.15, 0.2) is 0 Å². The summed E-state index contributed by atoms with van der Waals surface area (Å²) in [6.45, 7) is 8.85. The number of hydrogen-bond donors (Lipinski definition) is 1. The maximum atomic E-state index is 6.11. The summed E-state index contributed by atoms with van der Waals surface area (Å²) in [5, 5.41) is 0. The van der Waals surface area contributed by atoms with Crippen molar-refractivity contribution < 1.29 is 0 Å². The topological polar surface area (TPSA) is 29.3 Å². The van der Waals surface area contributed by atoms with E-state index >= 15 is 0 Å². The van der Waals surface area contributed by atoms with Crippen LogP contribution in [0.4, 0.5) is 0 Å². The third-order valence-corrected chi connectivity index (χ3v) is 4.61. The van der Waals surface area contributed by atoms with Crippen LogP contribution in [0.2, 0.25) is 0 Å². The Morgan fingerprint density at radius 2 is 2.05 bits per heavy atom. The van der Waals surface area contributed by atoms with E-state index in [2.05, 4.69) is 49.9 Å². The largest absolute Gasteiger partial charge is 0.329 e. The number of aryl methyl sites for hydroxylation is 1. The molecule has 0 spiro atoms. The molecule has 106 valence electrons. The van der Waals surface area contributed by atoms with Crippen molar-refractivity contribution in [1.29, 1.82) is 0 Å². The minimum Gasteiger partial charge on any atom is -0.329 e. The van der Waals surface area contributed by atoms with Crippen molar-refractivity contribution in [3.63, 3.8) is 0 Å². The lowest BCUT2D eigenvalue weighted by atomic mass is 9.89. The summed E-state index contributed by atoms with van der Waals surface area (Å²) < 4.78 is 0.